The fraction of sp³-hybridized carbons (Fsp3) is 0.750. The molecule has 2 rings (SSSR count). The third kappa shape index (κ3) is 4.79. The Kier molecular flexibility index (Phi) is 6.97. The number of hydrogen-bond acceptors (Lipinski definition) is 10. The minimum absolute atomic E-state index is 0.0589. The molecule has 0 radical (unpaired) electrons. The first kappa shape index (κ1) is 20.3. The predicted molar refractivity (Wildman–Crippen MR) is 87.8 cm³/mol. The predicted octanol–water partition coefficient (Wildman–Crippen LogP) is -0.0895. The minimum atomic E-state index is -3.37. The van der Waals surface area contributed by atoms with Gasteiger partial charge in [-0.05, 0) is 25.2 Å². The molecule has 1 amide bonds. The number of carbonyl (C=O) groups excluding carboxylic acids is 1. The Labute approximate surface area is 148 Å². The molecule has 1 aromatic heterocycles. The van der Waals surface area contributed by atoms with Crippen LogP contribution in [0, 0.1) is 0 Å². The Morgan fingerprint density at radius 1 is 1.40 bits per heavy atom. The van der Waals surface area contributed by atoms with Gasteiger partial charge in [-0.25, -0.2) is 14.2 Å². The molecule has 1 aliphatic heterocycles. The number of primary amides is 1. The summed E-state index contributed by atoms with van der Waals surface area (Å²) in [5.41, 5.74) is 5.08. The number of ether oxygens (including phenoxy) is 1. The molecule has 25 heavy (non-hydrogen) atoms. The Morgan fingerprint density at radius 2 is 2.04 bits per heavy atom. The van der Waals surface area contributed by atoms with Crippen LogP contribution in [-0.2, 0) is 18.3 Å². The molecule has 1 fully saturated rings. The van der Waals surface area contributed by atoms with Crippen LogP contribution in [0.25, 0.3) is 0 Å². The maximum Gasteiger partial charge on any atom is 0.389 e. The van der Waals surface area contributed by atoms with Crippen molar-refractivity contribution in [2.45, 2.75) is 38.4 Å². The van der Waals surface area contributed by atoms with Gasteiger partial charge in [0, 0.05) is 5.75 Å². The van der Waals surface area contributed by atoms with Crippen molar-refractivity contribution in [3.8, 4) is 0 Å². The highest BCUT2D eigenvalue weighted by molar-refractivity contribution is 8.55. The topological polar surface area (TPSA) is 159 Å². The average Bonchev–Trinajstić information content (AvgIpc) is 3.13. The van der Waals surface area contributed by atoms with Crippen molar-refractivity contribution in [3.63, 3.8) is 0 Å². The number of carbonyl (C=O) groups is 1. The smallest absolute Gasteiger partial charge is 0.387 e. The molecule has 4 atom stereocenters. The standard InChI is InChI=1S/C12H21N4O7PS/c1-3-21-24(20,22-4-2)25-5-7-8(17)9(18)12(23-7)16-6-14-11(15-16)10(13)19/h6-9,12,17-18H,3-5H2,1-2H3,(H2,13,19)/t7-,8-,9-,12-/m1/s1. The summed E-state index contributed by atoms with van der Waals surface area (Å²) in [5, 5.41) is 24.1. The van der Waals surface area contributed by atoms with Gasteiger partial charge in [-0.3, -0.25) is 4.79 Å². The molecular weight excluding hydrogens is 375 g/mol. The Morgan fingerprint density at radius 3 is 2.56 bits per heavy atom. The summed E-state index contributed by atoms with van der Waals surface area (Å²) in [4.78, 5) is 14.7. The van der Waals surface area contributed by atoms with Gasteiger partial charge >= 0.3 is 6.80 Å². The van der Waals surface area contributed by atoms with Crippen LogP contribution >= 0.6 is 18.2 Å². The Balaban J connectivity index is 2.03. The van der Waals surface area contributed by atoms with Crippen LogP contribution in [0.4, 0.5) is 0 Å². The highest BCUT2D eigenvalue weighted by Crippen LogP contribution is 2.61. The zero-order chi connectivity index (χ0) is 18.6. The maximum atomic E-state index is 12.4. The van der Waals surface area contributed by atoms with Crippen molar-refractivity contribution in [2.75, 3.05) is 19.0 Å². The molecule has 11 nitrogen and oxygen atoms in total. The lowest BCUT2D eigenvalue weighted by Gasteiger charge is -2.19. The molecule has 0 aliphatic carbocycles. The summed E-state index contributed by atoms with van der Waals surface area (Å²) in [7, 11) is 0. The Bertz CT molecular complexity index is 635. The summed E-state index contributed by atoms with van der Waals surface area (Å²) < 4.78 is 29.4. The van der Waals surface area contributed by atoms with Crippen molar-refractivity contribution in [3.05, 3.63) is 12.2 Å². The second kappa shape index (κ2) is 8.58. The molecule has 1 aliphatic rings. The van der Waals surface area contributed by atoms with Crippen LogP contribution in [0.5, 0.6) is 0 Å². The van der Waals surface area contributed by atoms with E-state index in [1.165, 1.54) is 6.33 Å². The van der Waals surface area contributed by atoms with Crippen molar-refractivity contribution >= 4 is 24.1 Å². The summed E-state index contributed by atoms with van der Waals surface area (Å²) in [5.74, 6) is -1.00. The highest BCUT2D eigenvalue weighted by atomic mass is 32.7. The number of nitrogens with zero attached hydrogens (tertiary/aromatic N) is 3. The van der Waals surface area contributed by atoms with Crippen molar-refractivity contribution < 1.29 is 33.4 Å². The normalized spacial score (nSPS) is 26.9. The van der Waals surface area contributed by atoms with Crippen LogP contribution in [0.1, 0.15) is 30.7 Å². The Hall–Kier alpha value is -1.01. The van der Waals surface area contributed by atoms with Crippen LogP contribution in [-0.4, -0.2) is 68.2 Å². The summed E-state index contributed by atoms with van der Waals surface area (Å²) in [6.45, 7) is 0.420. The van der Waals surface area contributed by atoms with Crippen LogP contribution in [0.15, 0.2) is 6.33 Å². The minimum Gasteiger partial charge on any atom is -0.387 e. The fourth-order valence-corrected chi connectivity index (χ4v) is 5.72. The lowest BCUT2D eigenvalue weighted by molar-refractivity contribution is -0.0389. The maximum absolute atomic E-state index is 12.4. The second-order valence-electron chi connectivity index (χ2n) is 5.04. The van der Waals surface area contributed by atoms with E-state index in [-0.39, 0.29) is 24.8 Å². The van der Waals surface area contributed by atoms with E-state index in [4.69, 9.17) is 19.5 Å². The molecule has 0 unspecified atom stereocenters. The lowest BCUT2D eigenvalue weighted by Crippen LogP contribution is -2.32. The van der Waals surface area contributed by atoms with Gasteiger partial charge in [-0.15, -0.1) is 5.10 Å². The second-order valence-corrected chi connectivity index (χ2v) is 9.16. The van der Waals surface area contributed by atoms with Crippen LogP contribution < -0.4 is 5.73 Å². The SMILES string of the molecule is CCOP(=O)(OCC)SC[C@H]1O[C@@H](n2cnc(C(N)=O)n2)[C@H](O)[C@@H]1O. The van der Waals surface area contributed by atoms with Gasteiger partial charge in [-0.2, -0.15) is 0 Å². The number of aliphatic hydroxyl groups excluding tert-OH is 2. The van der Waals surface area contributed by atoms with Crippen molar-refractivity contribution in [2.24, 2.45) is 5.73 Å². The molecule has 0 aromatic carbocycles. The lowest BCUT2D eigenvalue weighted by atomic mass is 10.1. The van der Waals surface area contributed by atoms with E-state index in [1.54, 1.807) is 13.8 Å². The number of hydrogen-bond donors (Lipinski definition) is 3. The van der Waals surface area contributed by atoms with Crippen LogP contribution in [0.2, 0.25) is 0 Å². The molecular formula is C12H21N4O7PS. The van der Waals surface area contributed by atoms with E-state index in [2.05, 4.69) is 10.1 Å². The first-order valence-corrected chi connectivity index (χ1v) is 10.7. The highest BCUT2D eigenvalue weighted by Gasteiger charge is 2.45. The molecule has 1 aromatic rings. The van der Waals surface area contributed by atoms with E-state index < -0.39 is 37.2 Å². The van der Waals surface area contributed by atoms with Gasteiger partial charge in [0.1, 0.15) is 18.5 Å². The van der Waals surface area contributed by atoms with Gasteiger partial charge in [0.2, 0.25) is 5.82 Å². The summed E-state index contributed by atoms with van der Waals surface area (Å²) >= 11 is 0.879. The van der Waals surface area contributed by atoms with E-state index in [1.807, 2.05) is 0 Å². The number of aromatic nitrogens is 3. The first-order chi connectivity index (χ1) is 11.8. The van der Waals surface area contributed by atoms with E-state index in [0.717, 1.165) is 16.1 Å². The van der Waals surface area contributed by atoms with Crippen LogP contribution in [0.3, 0.4) is 0 Å². The van der Waals surface area contributed by atoms with Gasteiger partial charge in [-0.1, -0.05) is 0 Å². The summed E-state index contributed by atoms with van der Waals surface area (Å²) in [6.07, 6.45) is -3.30. The average molecular weight is 396 g/mol. The summed E-state index contributed by atoms with van der Waals surface area (Å²) in [6, 6.07) is 0. The number of nitrogens with two attached hydrogens (primary N) is 1. The molecule has 2 heterocycles. The molecule has 13 heteroatoms. The molecule has 0 saturated carbocycles. The van der Waals surface area contributed by atoms with E-state index in [0.29, 0.717) is 0 Å². The third-order valence-electron chi connectivity index (χ3n) is 3.30. The van der Waals surface area contributed by atoms with Gasteiger partial charge in [0.25, 0.3) is 5.91 Å². The van der Waals surface area contributed by atoms with Crippen molar-refractivity contribution in [1.82, 2.24) is 14.8 Å². The molecule has 4 N–H and O–H groups in total. The van der Waals surface area contributed by atoms with Gasteiger partial charge < -0.3 is 29.7 Å². The van der Waals surface area contributed by atoms with Crippen molar-refractivity contribution in [1.29, 1.82) is 0 Å². The number of rotatable bonds is 9. The number of aliphatic hydroxyl groups is 2. The molecule has 142 valence electrons. The molecule has 0 bridgehead atoms. The van der Waals surface area contributed by atoms with E-state index in [9.17, 15) is 19.6 Å². The van der Waals surface area contributed by atoms with Gasteiger partial charge in [0.15, 0.2) is 6.23 Å². The van der Waals surface area contributed by atoms with Gasteiger partial charge in [0.05, 0.1) is 19.3 Å². The first-order valence-electron chi connectivity index (χ1n) is 7.57. The van der Waals surface area contributed by atoms with E-state index >= 15 is 0 Å². The monoisotopic (exact) mass is 396 g/mol. The quantitative estimate of drug-likeness (QED) is 0.481. The molecule has 1 saturated heterocycles. The zero-order valence-electron chi connectivity index (χ0n) is 13.7. The molecule has 0 spiro atoms. The fourth-order valence-electron chi connectivity index (χ4n) is 2.19. The third-order valence-corrected chi connectivity index (χ3v) is 7.27. The number of amides is 1. The largest absolute Gasteiger partial charge is 0.389 e. The zero-order valence-corrected chi connectivity index (χ0v) is 15.4.